The Balaban J connectivity index is 2.18. The molecule has 0 saturated carbocycles. The van der Waals surface area contributed by atoms with E-state index < -0.39 is 5.97 Å². The van der Waals surface area contributed by atoms with Crippen LogP contribution in [0.1, 0.15) is 73.5 Å². The molecule has 0 bridgehead atoms. The molecule has 0 aliphatic carbocycles. The summed E-state index contributed by atoms with van der Waals surface area (Å²) in [7, 11) is 0. The summed E-state index contributed by atoms with van der Waals surface area (Å²) in [4.78, 5) is 26.0. The molecule has 1 aromatic carbocycles. The van der Waals surface area contributed by atoms with Crippen molar-refractivity contribution in [3.8, 4) is 0 Å². The molecule has 2 aromatic rings. The van der Waals surface area contributed by atoms with E-state index in [1.54, 1.807) is 6.08 Å². The number of nitrogens with one attached hydrogen (secondary N) is 1. The maximum absolute atomic E-state index is 12.6. The zero-order valence-corrected chi connectivity index (χ0v) is 19.2. The topological polar surface area (TPSA) is 55.4 Å². The molecule has 5 heteroatoms. The predicted molar refractivity (Wildman–Crippen MR) is 122 cm³/mol. The van der Waals surface area contributed by atoms with Gasteiger partial charge in [-0.25, -0.2) is 4.79 Å². The fraction of sp³-hybridized carbons (Fsp3) is 0.417. The van der Waals surface area contributed by atoms with E-state index in [0.717, 1.165) is 16.0 Å². The highest BCUT2D eigenvalue weighted by molar-refractivity contribution is 7.16. The van der Waals surface area contributed by atoms with Gasteiger partial charge in [-0.1, -0.05) is 52.0 Å². The van der Waals surface area contributed by atoms with Gasteiger partial charge in [0.1, 0.15) is 5.00 Å². The van der Waals surface area contributed by atoms with E-state index in [1.165, 1.54) is 23.0 Å². The molecule has 0 unspecified atom stereocenters. The number of carbonyl (C=O) groups is 2. The van der Waals surface area contributed by atoms with Gasteiger partial charge in [-0.15, -0.1) is 11.3 Å². The van der Waals surface area contributed by atoms with Gasteiger partial charge in [0.2, 0.25) is 5.91 Å². The summed E-state index contributed by atoms with van der Waals surface area (Å²) >= 11 is 1.41. The Morgan fingerprint density at radius 1 is 1.17 bits per heavy atom. The highest BCUT2D eigenvalue weighted by Gasteiger charge is 2.24. The third kappa shape index (κ3) is 6.04. The van der Waals surface area contributed by atoms with Crippen molar-refractivity contribution in [3.63, 3.8) is 0 Å². The molecule has 4 nitrogen and oxygen atoms in total. The second-order valence-electron chi connectivity index (χ2n) is 8.34. The largest absolute Gasteiger partial charge is 0.459 e. The lowest BCUT2D eigenvalue weighted by atomic mass is 9.87. The smallest absolute Gasteiger partial charge is 0.341 e. The van der Waals surface area contributed by atoms with Gasteiger partial charge in [0, 0.05) is 11.0 Å². The first-order chi connectivity index (χ1) is 13.5. The van der Waals surface area contributed by atoms with Crippen LogP contribution in [0.3, 0.4) is 0 Å². The Hall–Kier alpha value is -2.40. The van der Waals surface area contributed by atoms with Crippen LogP contribution < -0.4 is 5.32 Å². The summed E-state index contributed by atoms with van der Waals surface area (Å²) in [5.41, 5.74) is 3.68. The van der Waals surface area contributed by atoms with Crippen molar-refractivity contribution in [2.45, 2.75) is 66.4 Å². The van der Waals surface area contributed by atoms with Crippen LogP contribution >= 0.6 is 11.3 Å². The molecule has 0 aliphatic rings. The van der Waals surface area contributed by atoms with E-state index in [1.807, 2.05) is 39.8 Å². The molecule has 1 aromatic heterocycles. The van der Waals surface area contributed by atoms with Crippen molar-refractivity contribution in [1.29, 1.82) is 0 Å². The summed E-state index contributed by atoms with van der Waals surface area (Å²) < 4.78 is 5.38. The first-order valence-corrected chi connectivity index (χ1v) is 10.8. The molecule has 0 radical (unpaired) electrons. The van der Waals surface area contributed by atoms with Crippen molar-refractivity contribution in [2.75, 3.05) is 5.32 Å². The van der Waals surface area contributed by atoms with E-state index in [2.05, 4.69) is 38.2 Å². The number of rotatable bonds is 6. The summed E-state index contributed by atoms with van der Waals surface area (Å²) in [6.45, 7) is 14.1. The Morgan fingerprint density at radius 2 is 1.79 bits per heavy atom. The van der Waals surface area contributed by atoms with Crippen LogP contribution in [0.2, 0.25) is 0 Å². The van der Waals surface area contributed by atoms with Crippen LogP contribution in [0.4, 0.5) is 5.00 Å². The zero-order chi connectivity index (χ0) is 21.8. The highest BCUT2D eigenvalue weighted by atomic mass is 32.1. The van der Waals surface area contributed by atoms with Gasteiger partial charge in [-0.05, 0) is 55.4 Å². The van der Waals surface area contributed by atoms with Gasteiger partial charge in [-0.3, -0.25) is 4.79 Å². The summed E-state index contributed by atoms with van der Waals surface area (Å²) in [6, 6.07) is 8.15. The molecule has 0 atom stereocenters. The maximum Gasteiger partial charge on any atom is 0.341 e. The molecular weight excluding hydrogens is 382 g/mol. The molecule has 1 heterocycles. The van der Waals surface area contributed by atoms with Crippen LogP contribution in [0.5, 0.6) is 0 Å². The lowest BCUT2D eigenvalue weighted by molar-refractivity contribution is -0.111. The van der Waals surface area contributed by atoms with Crippen molar-refractivity contribution >= 4 is 34.3 Å². The molecule has 0 saturated heterocycles. The maximum atomic E-state index is 12.6. The van der Waals surface area contributed by atoms with Crippen molar-refractivity contribution in [1.82, 2.24) is 0 Å². The van der Waals surface area contributed by atoms with Gasteiger partial charge in [-0.2, -0.15) is 0 Å². The Labute approximate surface area is 178 Å². The van der Waals surface area contributed by atoms with Crippen molar-refractivity contribution < 1.29 is 14.3 Å². The van der Waals surface area contributed by atoms with Gasteiger partial charge in [0.05, 0.1) is 11.7 Å². The number of thiophene rings is 1. The van der Waals surface area contributed by atoms with E-state index in [4.69, 9.17) is 4.74 Å². The first-order valence-electron chi connectivity index (χ1n) is 9.95. The molecule has 1 N–H and O–H groups in total. The van der Waals surface area contributed by atoms with Crippen molar-refractivity contribution in [3.05, 3.63) is 57.5 Å². The molecule has 156 valence electrons. The Bertz CT molecular complexity index is 899. The van der Waals surface area contributed by atoms with E-state index >= 15 is 0 Å². The van der Waals surface area contributed by atoms with Crippen LogP contribution in [0.15, 0.2) is 30.3 Å². The molecule has 1 amide bonds. The van der Waals surface area contributed by atoms with Crippen LogP contribution in [-0.4, -0.2) is 18.0 Å². The fourth-order valence-corrected chi connectivity index (χ4v) is 4.14. The van der Waals surface area contributed by atoms with Gasteiger partial charge in [0.15, 0.2) is 0 Å². The number of esters is 1. The normalized spacial score (nSPS) is 11.9. The van der Waals surface area contributed by atoms with Gasteiger partial charge in [0.25, 0.3) is 0 Å². The average Bonchev–Trinajstić information content (AvgIpc) is 2.94. The number of ether oxygens (including phenoxy) is 1. The number of carbonyl (C=O) groups excluding carboxylic acids is 2. The monoisotopic (exact) mass is 413 g/mol. The second kappa shape index (κ2) is 9.40. The summed E-state index contributed by atoms with van der Waals surface area (Å²) in [5, 5.41) is 3.40. The van der Waals surface area contributed by atoms with E-state index in [9.17, 15) is 9.59 Å². The first kappa shape index (κ1) is 22.9. The Kier molecular flexibility index (Phi) is 7.42. The minimum absolute atomic E-state index is 0.0919. The molecule has 0 spiro atoms. The number of aryl methyl sites for hydroxylation is 1. The third-order valence-electron chi connectivity index (χ3n) is 4.55. The summed E-state index contributed by atoms with van der Waals surface area (Å²) in [5.74, 6) is -0.661. The van der Waals surface area contributed by atoms with Crippen molar-refractivity contribution in [2.24, 2.45) is 0 Å². The van der Waals surface area contributed by atoms with Crippen LogP contribution in [0.25, 0.3) is 6.08 Å². The van der Waals surface area contributed by atoms with Gasteiger partial charge >= 0.3 is 5.97 Å². The predicted octanol–water partition coefficient (Wildman–Crippen LogP) is 6.13. The number of amides is 1. The molecule has 2 rings (SSSR count). The standard InChI is InChI=1S/C24H31NO3S/c1-8-19-16(4)29-22(21(19)23(27)28-15(2)3)25-20(26)14-11-17-9-12-18(13-10-17)24(5,6)7/h9-15H,8H2,1-7H3,(H,25,26)/b14-11+. The lowest BCUT2D eigenvalue weighted by Crippen LogP contribution is -2.16. The van der Waals surface area contributed by atoms with Gasteiger partial charge < -0.3 is 10.1 Å². The number of hydrogen-bond donors (Lipinski definition) is 1. The SMILES string of the molecule is CCc1c(C)sc(NC(=O)/C=C/c2ccc(C(C)(C)C)cc2)c1C(=O)OC(C)C. The lowest BCUT2D eigenvalue weighted by Gasteiger charge is -2.18. The fourth-order valence-electron chi connectivity index (χ4n) is 3.00. The molecule has 0 fully saturated rings. The minimum atomic E-state index is -0.391. The molecule has 0 aliphatic heterocycles. The third-order valence-corrected chi connectivity index (χ3v) is 5.61. The highest BCUT2D eigenvalue weighted by Crippen LogP contribution is 2.34. The van der Waals surface area contributed by atoms with Crippen LogP contribution in [0, 0.1) is 6.92 Å². The molecular formula is C24H31NO3S. The zero-order valence-electron chi connectivity index (χ0n) is 18.4. The quantitative estimate of drug-likeness (QED) is 0.457. The average molecular weight is 414 g/mol. The molecule has 29 heavy (non-hydrogen) atoms. The second-order valence-corrected chi connectivity index (χ2v) is 9.57. The number of hydrogen-bond acceptors (Lipinski definition) is 4. The minimum Gasteiger partial charge on any atom is -0.459 e. The number of anilines is 1. The number of benzene rings is 1. The van der Waals surface area contributed by atoms with E-state index in [0.29, 0.717) is 17.0 Å². The van der Waals surface area contributed by atoms with Crippen LogP contribution in [-0.2, 0) is 21.4 Å². The Morgan fingerprint density at radius 3 is 2.31 bits per heavy atom. The summed E-state index contributed by atoms with van der Waals surface area (Å²) in [6.07, 6.45) is 3.75. The van der Waals surface area contributed by atoms with E-state index in [-0.39, 0.29) is 17.4 Å².